The summed E-state index contributed by atoms with van der Waals surface area (Å²) in [4.78, 5) is 0. The Labute approximate surface area is 85.3 Å². The number of para-hydroxylation sites is 1. The Morgan fingerprint density at radius 3 is 2.50 bits per heavy atom. The SMILES string of the molecule is C=C(C)C(C)(O)CNc1ccccc1. The van der Waals surface area contributed by atoms with Gasteiger partial charge in [-0.05, 0) is 31.6 Å². The molecule has 0 aliphatic rings. The second-order valence-electron chi connectivity index (χ2n) is 3.77. The van der Waals surface area contributed by atoms with Crippen molar-refractivity contribution >= 4 is 5.69 Å². The van der Waals surface area contributed by atoms with E-state index < -0.39 is 5.60 Å². The summed E-state index contributed by atoms with van der Waals surface area (Å²) in [5.41, 5.74) is 0.922. The molecule has 76 valence electrons. The van der Waals surface area contributed by atoms with Gasteiger partial charge in [-0.3, -0.25) is 0 Å². The number of nitrogens with one attached hydrogen (secondary N) is 1. The van der Waals surface area contributed by atoms with Crippen molar-refractivity contribution in [3.8, 4) is 0 Å². The summed E-state index contributed by atoms with van der Waals surface area (Å²) >= 11 is 0. The quantitative estimate of drug-likeness (QED) is 0.716. The fraction of sp³-hybridized carbons (Fsp3) is 0.333. The molecule has 0 fully saturated rings. The van der Waals surface area contributed by atoms with Crippen LogP contribution in [0, 0.1) is 0 Å². The van der Waals surface area contributed by atoms with Gasteiger partial charge in [-0.25, -0.2) is 0 Å². The Bertz CT molecular complexity index is 303. The van der Waals surface area contributed by atoms with Crippen LogP contribution in [0.25, 0.3) is 0 Å². The van der Waals surface area contributed by atoms with Gasteiger partial charge in [0.15, 0.2) is 0 Å². The number of aliphatic hydroxyl groups is 1. The van der Waals surface area contributed by atoms with E-state index in [9.17, 15) is 5.11 Å². The van der Waals surface area contributed by atoms with Crippen molar-refractivity contribution in [2.45, 2.75) is 19.4 Å². The van der Waals surface area contributed by atoms with E-state index in [2.05, 4.69) is 11.9 Å². The monoisotopic (exact) mass is 191 g/mol. The number of hydrogen-bond acceptors (Lipinski definition) is 2. The summed E-state index contributed by atoms with van der Waals surface area (Å²) < 4.78 is 0. The normalized spacial score (nSPS) is 14.5. The Morgan fingerprint density at radius 2 is 2.00 bits per heavy atom. The predicted octanol–water partition coefficient (Wildman–Crippen LogP) is 2.43. The molecular weight excluding hydrogens is 174 g/mol. The van der Waals surface area contributed by atoms with E-state index in [1.807, 2.05) is 37.3 Å². The molecule has 2 N–H and O–H groups in total. The van der Waals surface area contributed by atoms with E-state index >= 15 is 0 Å². The third-order valence-corrected chi connectivity index (χ3v) is 2.33. The number of benzene rings is 1. The van der Waals surface area contributed by atoms with Crippen LogP contribution in [0.5, 0.6) is 0 Å². The van der Waals surface area contributed by atoms with Crippen LogP contribution in [0.4, 0.5) is 5.69 Å². The first-order valence-electron chi connectivity index (χ1n) is 4.69. The Hall–Kier alpha value is -1.28. The molecule has 0 aliphatic heterocycles. The maximum atomic E-state index is 9.89. The minimum absolute atomic E-state index is 0.479. The van der Waals surface area contributed by atoms with Crippen LogP contribution >= 0.6 is 0 Å². The van der Waals surface area contributed by atoms with E-state index in [4.69, 9.17) is 0 Å². The molecule has 0 spiro atoms. The first kappa shape index (κ1) is 10.8. The van der Waals surface area contributed by atoms with Crippen LogP contribution in [0.15, 0.2) is 42.5 Å². The highest BCUT2D eigenvalue weighted by Gasteiger charge is 2.20. The maximum absolute atomic E-state index is 9.89. The van der Waals surface area contributed by atoms with Crippen molar-refractivity contribution in [3.05, 3.63) is 42.5 Å². The van der Waals surface area contributed by atoms with Crippen LogP contribution < -0.4 is 5.32 Å². The van der Waals surface area contributed by atoms with E-state index in [0.29, 0.717) is 6.54 Å². The van der Waals surface area contributed by atoms with E-state index in [1.165, 1.54) is 0 Å². The second-order valence-corrected chi connectivity index (χ2v) is 3.77. The number of rotatable bonds is 4. The molecule has 2 heteroatoms. The molecule has 2 nitrogen and oxygen atoms in total. The van der Waals surface area contributed by atoms with Gasteiger partial charge in [0, 0.05) is 12.2 Å². The van der Waals surface area contributed by atoms with Crippen LogP contribution in [-0.4, -0.2) is 17.3 Å². The van der Waals surface area contributed by atoms with E-state index in [1.54, 1.807) is 6.92 Å². The van der Waals surface area contributed by atoms with E-state index in [-0.39, 0.29) is 0 Å². The standard InChI is InChI=1S/C12H17NO/c1-10(2)12(3,14)9-13-11-7-5-4-6-8-11/h4-8,13-14H,1,9H2,2-3H3. The lowest BCUT2D eigenvalue weighted by molar-refractivity contribution is 0.113. The highest BCUT2D eigenvalue weighted by Crippen LogP contribution is 2.15. The van der Waals surface area contributed by atoms with Crippen molar-refractivity contribution in [2.75, 3.05) is 11.9 Å². The molecule has 0 radical (unpaired) electrons. The fourth-order valence-electron chi connectivity index (χ4n) is 0.981. The summed E-state index contributed by atoms with van der Waals surface area (Å²) in [5.74, 6) is 0. The van der Waals surface area contributed by atoms with E-state index in [0.717, 1.165) is 11.3 Å². The lowest BCUT2D eigenvalue weighted by atomic mass is 9.99. The molecule has 1 atom stereocenters. The highest BCUT2D eigenvalue weighted by atomic mass is 16.3. The molecule has 0 saturated heterocycles. The van der Waals surface area contributed by atoms with Gasteiger partial charge >= 0.3 is 0 Å². The van der Waals surface area contributed by atoms with Crippen LogP contribution in [0.1, 0.15) is 13.8 Å². The van der Waals surface area contributed by atoms with Gasteiger partial charge in [0.1, 0.15) is 0 Å². The molecule has 0 aliphatic carbocycles. The summed E-state index contributed by atoms with van der Waals surface area (Å²) in [7, 11) is 0. The molecule has 1 rings (SSSR count). The zero-order chi connectivity index (χ0) is 10.6. The Balaban J connectivity index is 2.53. The summed E-state index contributed by atoms with van der Waals surface area (Å²) in [6.45, 7) is 7.81. The second kappa shape index (κ2) is 4.29. The van der Waals surface area contributed by atoms with Gasteiger partial charge in [0.05, 0.1) is 5.60 Å². The molecule has 1 unspecified atom stereocenters. The van der Waals surface area contributed by atoms with Gasteiger partial charge in [-0.15, -0.1) is 0 Å². The predicted molar refractivity (Wildman–Crippen MR) is 60.4 cm³/mol. The molecule has 0 heterocycles. The minimum Gasteiger partial charge on any atom is -0.384 e. The van der Waals surface area contributed by atoms with Crippen LogP contribution in [-0.2, 0) is 0 Å². The van der Waals surface area contributed by atoms with Crippen molar-refractivity contribution in [3.63, 3.8) is 0 Å². The zero-order valence-corrected chi connectivity index (χ0v) is 8.75. The molecule has 14 heavy (non-hydrogen) atoms. The largest absolute Gasteiger partial charge is 0.384 e. The summed E-state index contributed by atoms with van der Waals surface area (Å²) in [5, 5.41) is 13.0. The first-order chi connectivity index (χ1) is 6.52. The average molecular weight is 191 g/mol. The molecular formula is C12H17NO. The lowest BCUT2D eigenvalue weighted by Gasteiger charge is -2.24. The van der Waals surface area contributed by atoms with Crippen LogP contribution in [0.2, 0.25) is 0 Å². The van der Waals surface area contributed by atoms with Crippen molar-refractivity contribution in [1.82, 2.24) is 0 Å². The van der Waals surface area contributed by atoms with Gasteiger partial charge in [-0.2, -0.15) is 0 Å². The minimum atomic E-state index is -0.851. The Morgan fingerprint density at radius 1 is 1.43 bits per heavy atom. The third-order valence-electron chi connectivity index (χ3n) is 2.33. The van der Waals surface area contributed by atoms with Crippen molar-refractivity contribution < 1.29 is 5.11 Å². The first-order valence-corrected chi connectivity index (χ1v) is 4.69. The average Bonchev–Trinajstić information content (AvgIpc) is 2.16. The number of anilines is 1. The van der Waals surface area contributed by atoms with Gasteiger partial charge in [0.25, 0.3) is 0 Å². The summed E-state index contributed by atoms with van der Waals surface area (Å²) in [6, 6.07) is 9.81. The molecule has 0 bridgehead atoms. The van der Waals surface area contributed by atoms with Crippen molar-refractivity contribution in [2.24, 2.45) is 0 Å². The fourth-order valence-corrected chi connectivity index (χ4v) is 0.981. The molecule has 0 amide bonds. The lowest BCUT2D eigenvalue weighted by Crippen LogP contribution is -2.34. The molecule has 1 aromatic rings. The van der Waals surface area contributed by atoms with Crippen molar-refractivity contribution in [1.29, 1.82) is 0 Å². The third kappa shape index (κ3) is 2.89. The Kier molecular flexibility index (Phi) is 3.31. The molecule has 0 saturated carbocycles. The number of hydrogen-bond donors (Lipinski definition) is 2. The topological polar surface area (TPSA) is 32.3 Å². The van der Waals surface area contributed by atoms with Gasteiger partial charge in [0.2, 0.25) is 0 Å². The smallest absolute Gasteiger partial charge is 0.0994 e. The zero-order valence-electron chi connectivity index (χ0n) is 8.75. The highest BCUT2D eigenvalue weighted by molar-refractivity contribution is 5.43. The summed E-state index contributed by atoms with van der Waals surface area (Å²) in [6.07, 6.45) is 0. The van der Waals surface area contributed by atoms with Crippen LogP contribution in [0.3, 0.4) is 0 Å². The molecule has 1 aromatic carbocycles. The molecule has 0 aromatic heterocycles. The van der Waals surface area contributed by atoms with Gasteiger partial charge < -0.3 is 10.4 Å². The van der Waals surface area contributed by atoms with Gasteiger partial charge in [-0.1, -0.05) is 24.8 Å². The maximum Gasteiger partial charge on any atom is 0.0994 e.